The smallest absolute Gasteiger partial charge is 0.162 e. The molecule has 3 heterocycles. The average molecular weight is 375 g/mol. The van der Waals surface area contributed by atoms with Crippen LogP contribution in [0.5, 0.6) is 0 Å². The van der Waals surface area contributed by atoms with Gasteiger partial charge in [0.05, 0.1) is 28.8 Å². The van der Waals surface area contributed by atoms with Crippen LogP contribution in [0.3, 0.4) is 0 Å². The van der Waals surface area contributed by atoms with Crippen LogP contribution in [0.25, 0.3) is 11.4 Å². The third-order valence-corrected chi connectivity index (χ3v) is 7.84. The quantitative estimate of drug-likeness (QED) is 0.887. The molecule has 2 aliphatic carbocycles. The standard InChI is InChI=1S/C18H25N5O2S/c1-11-15(16(21-20-11)12-6-7-12)18-19-17(13-4-2-3-5-13)22-23(18)14-8-9-26(24,25)10-14/h12-14H,2-10H2,1H3,(H,20,21)/t14-/m1/s1. The molecule has 0 amide bonds. The Morgan fingerprint density at radius 3 is 2.50 bits per heavy atom. The van der Waals surface area contributed by atoms with Gasteiger partial charge in [-0.1, -0.05) is 12.8 Å². The molecule has 3 fully saturated rings. The highest BCUT2D eigenvalue weighted by atomic mass is 32.2. The first-order chi connectivity index (χ1) is 12.5. The summed E-state index contributed by atoms with van der Waals surface area (Å²) in [5.41, 5.74) is 3.13. The van der Waals surface area contributed by atoms with Gasteiger partial charge in [0.1, 0.15) is 0 Å². The third kappa shape index (κ3) is 2.78. The van der Waals surface area contributed by atoms with E-state index in [0.29, 0.717) is 18.3 Å². The van der Waals surface area contributed by atoms with Crippen LogP contribution in [0.15, 0.2) is 0 Å². The fourth-order valence-electron chi connectivity index (χ4n) is 4.47. The van der Waals surface area contributed by atoms with Gasteiger partial charge in [0.25, 0.3) is 0 Å². The zero-order valence-electron chi connectivity index (χ0n) is 15.1. The molecule has 2 aromatic rings. The topological polar surface area (TPSA) is 93.5 Å². The molecule has 0 aromatic carbocycles. The first-order valence-electron chi connectivity index (χ1n) is 9.74. The Labute approximate surface area is 153 Å². The fourth-order valence-corrected chi connectivity index (χ4v) is 6.16. The Balaban J connectivity index is 1.62. The lowest BCUT2D eigenvalue weighted by Crippen LogP contribution is -2.14. The molecule has 1 N–H and O–H groups in total. The van der Waals surface area contributed by atoms with Crippen LogP contribution in [0.4, 0.5) is 0 Å². The number of H-pyrrole nitrogens is 1. The number of aromatic nitrogens is 5. The molecule has 7 nitrogen and oxygen atoms in total. The number of sulfone groups is 1. The maximum atomic E-state index is 12.0. The van der Waals surface area contributed by atoms with Gasteiger partial charge in [-0.15, -0.1) is 0 Å². The predicted octanol–water partition coefficient (Wildman–Crippen LogP) is 2.87. The number of nitrogens with one attached hydrogen (secondary N) is 1. The summed E-state index contributed by atoms with van der Waals surface area (Å²) in [5, 5.41) is 12.5. The van der Waals surface area contributed by atoms with Gasteiger partial charge in [-0.25, -0.2) is 18.1 Å². The van der Waals surface area contributed by atoms with Crippen molar-refractivity contribution in [1.29, 1.82) is 0 Å². The van der Waals surface area contributed by atoms with Crippen LogP contribution in [-0.2, 0) is 9.84 Å². The summed E-state index contributed by atoms with van der Waals surface area (Å²) >= 11 is 0. The van der Waals surface area contributed by atoms with Crippen molar-refractivity contribution in [2.45, 2.75) is 69.7 Å². The summed E-state index contributed by atoms with van der Waals surface area (Å²) in [6, 6.07) is -0.112. The Bertz CT molecular complexity index is 935. The highest BCUT2D eigenvalue weighted by Gasteiger charge is 2.37. The van der Waals surface area contributed by atoms with Gasteiger partial charge in [0.15, 0.2) is 21.5 Å². The number of rotatable bonds is 4. The summed E-state index contributed by atoms with van der Waals surface area (Å²) in [5.74, 6) is 3.04. The monoisotopic (exact) mass is 375 g/mol. The average Bonchev–Trinajstić information content (AvgIpc) is 3.01. The van der Waals surface area contributed by atoms with Crippen molar-refractivity contribution < 1.29 is 8.42 Å². The molecule has 1 atom stereocenters. The van der Waals surface area contributed by atoms with Crippen LogP contribution in [0, 0.1) is 6.92 Å². The van der Waals surface area contributed by atoms with Gasteiger partial charge in [0, 0.05) is 17.5 Å². The van der Waals surface area contributed by atoms with E-state index in [1.807, 2.05) is 11.6 Å². The second kappa shape index (κ2) is 5.90. The van der Waals surface area contributed by atoms with Crippen molar-refractivity contribution in [3.8, 4) is 11.4 Å². The second-order valence-corrected chi connectivity index (χ2v) is 10.4. The highest BCUT2D eigenvalue weighted by molar-refractivity contribution is 7.91. The van der Waals surface area contributed by atoms with Gasteiger partial charge < -0.3 is 0 Å². The van der Waals surface area contributed by atoms with E-state index >= 15 is 0 Å². The molecule has 140 valence electrons. The molecule has 0 radical (unpaired) electrons. The molecular formula is C18H25N5O2S. The summed E-state index contributed by atoms with van der Waals surface area (Å²) < 4.78 is 26.0. The Morgan fingerprint density at radius 2 is 1.85 bits per heavy atom. The lowest BCUT2D eigenvalue weighted by Gasteiger charge is -2.12. The van der Waals surface area contributed by atoms with Gasteiger partial charge in [-0.05, 0) is 39.0 Å². The van der Waals surface area contributed by atoms with Crippen LogP contribution >= 0.6 is 0 Å². The third-order valence-electron chi connectivity index (χ3n) is 6.09. The largest absolute Gasteiger partial charge is 0.282 e. The van der Waals surface area contributed by atoms with Gasteiger partial charge >= 0.3 is 0 Å². The van der Waals surface area contributed by atoms with Gasteiger partial charge in [-0.3, -0.25) is 5.10 Å². The molecule has 1 aliphatic heterocycles. The predicted molar refractivity (Wildman–Crippen MR) is 97.8 cm³/mol. The zero-order chi connectivity index (χ0) is 17.9. The summed E-state index contributed by atoms with van der Waals surface area (Å²) in [7, 11) is -2.98. The first-order valence-corrected chi connectivity index (χ1v) is 11.6. The van der Waals surface area contributed by atoms with Crippen molar-refractivity contribution in [3.63, 3.8) is 0 Å². The van der Waals surface area contributed by atoms with E-state index < -0.39 is 9.84 Å². The molecule has 2 aromatic heterocycles. The molecule has 26 heavy (non-hydrogen) atoms. The van der Waals surface area contributed by atoms with E-state index in [-0.39, 0.29) is 17.5 Å². The van der Waals surface area contributed by atoms with Gasteiger partial charge in [0.2, 0.25) is 0 Å². The molecule has 3 aliphatic rings. The number of aromatic amines is 1. The zero-order valence-corrected chi connectivity index (χ0v) is 15.9. The molecule has 5 rings (SSSR count). The molecule has 0 unspecified atom stereocenters. The van der Waals surface area contributed by atoms with E-state index in [4.69, 9.17) is 10.1 Å². The number of hydrogen-bond donors (Lipinski definition) is 1. The van der Waals surface area contributed by atoms with Crippen molar-refractivity contribution in [2.75, 3.05) is 11.5 Å². The highest BCUT2D eigenvalue weighted by Crippen LogP contribution is 2.45. The van der Waals surface area contributed by atoms with Crippen molar-refractivity contribution in [2.24, 2.45) is 0 Å². The van der Waals surface area contributed by atoms with Crippen molar-refractivity contribution >= 4 is 9.84 Å². The maximum Gasteiger partial charge on any atom is 0.162 e. The van der Waals surface area contributed by atoms with Gasteiger partial charge in [-0.2, -0.15) is 10.2 Å². The van der Waals surface area contributed by atoms with E-state index in [2.05, 4.69) is 10.2 Å². The second-order valence-electron chi connectivity index (χ2n) is 8.16. The molecular weight excluding hydrogens is 350 g/mol. The molecule has 8 heteroatoms. The Kier molecular flexibility index (Phi) is 3.74. The van der Waals surface area contributed by atoms with E-state index in [9.17, 15) is 8.42 Å². The molecule has 1 saturated heterocycles. The van der Waals surface area contributed by atoms with Crippen LogP contribution in [-0.4, -0.2) is 44.9 Å². The van der Waals surface area contributed by atoms with Crippen LogP contribution in [0.2, 0.25) is 0 Å². The SMILES string of the molecule is Cc1[nH]nc(C2CC2)c1-c1nc(C2CCCC2)nn1[C@@H]1CCS(=O)(=O)C1. The number of nitrogens with zero attached hydrogens (tertiary/aromatic N) is 4. The number of hydrogen-bond acceptors (Lipinski definition) is 5. The molecule has 0 spiro atoms. The lowest BCUT2D eigenvalue weighted by molar-refractivity contribution is 0.493. The molecule has 2 saturated carbocycles. The minimum atomic E-state index is -2.98. The van der Waals surface area contributed by atoms with Crippen molar-refractivity contribution in [1.82, 2.24) is 25.0 Å². The summed E-state index contributed by atoms with van der Waals surface area (Å²) in [6.07, 6.45) is 7.67. The fraction of sp³-hybridized carbons (Fsp3) is 0.722. The minimum absolute atomic E-state index is 0.112. The van der Waals surface area contributed by atoms with E-state index in [1.54, 1.807) is 0 Å². The maximum absolute atomic E-state index is 12.0. The van der Waals surface area contributed by atoms with E-state index in [1.165, 1.54) is 25.7 Å². The normalized spacial score (nSPS) is 26.0. The number of aryl methyl sites for hydroxylation is 1. The Morgan fingerprint density at radius 1 is 1.08 bits per heavy atom. The Hall–Kier alpha value is -1.70. The van der Waals surface area contributed by atoms with E-state index in [0.717, 1.165) is 41.4 Å². The first kappa shape index (κ1) is 16.5. The molecule has 0 bridgehead atoms. The summed E-state index contributed by atoms with van der Waals surface area (Å²) in [4.78, 5) is 4.96. The van der Waals surface area contributed by atoms with Crippen LogP contribution in [0.1, 0.15) is 80.0 Å². The van der Waals surface area contributed by atoms with Crippen molar-refractivity contribution in [3.05, 3.63) is 17.2 Å². The lowest BCUT2D eigenvalue weighted by atomic mass is 10.1. The minimum Gasteiger partial charge on any atom is -0.282 e. The summed E-state index contributed by atoms with van der Waals surface area (Å²) in [6.45, 7) is 2.02. The van der Waals surface area contributed by atoms with Crippen LogP contribution < -0.4 is 0 Å².